The lowest BCUT2D eigenvalue weighted by Gasteiger charge is -2.56. The zero-order valence-electron chi connectivity index (χ0n) is 22.8. The molecule has 1 spiro atoms. The van der Waals surface area contributed by atoms with Crippen molar-refractivity contribution in [3.8, 4) is 17.1 Å². The molecular weight excluding hydrogens is 470 g/mol. The van der Waals surface area contributed by atoms with Crippen molar-refractivity contribution in [3.63, 3.8) is 0 Å². The Morgan fingerprint density at radius 2 is 1.79 bits per heavy atom. The number of fused-ring (bicyclic) bond motifs is 1. The molecule has 0 amide bonds. The molecule has 0 unspecified atom stereocenters. The van der Waals surface area contributed by atoms with E-state index in [2.05, 4.69) is 56.2 Å². The van der Waals surface area contributed by atoms with Crippen molar-refractivity contribution in [3.05, 3.63) is 84.2 Å². The third kappa shape index (κ3) is 4.75. The number of nitrogens with zero attached hydrogens (tertiary/aromatic N) is 5. The van der Waals surface area contributed by atoms with Gasteiger partial charge in [-0.05, 0) is 61.4 Å². The van der Waals surface area contributed by atoms with Gasteiger partial charge in [0, 0.05) is 50.0 Å². The molecule has 2 saturated heterocycles. The zero-order valence-corrected chi connectivity index (χ0v) is 22.8. The van der Waals surface area contributed by atoms with E-state index >= 15 is 0 Å². The Kier molecular flexibility index (Phi) is 7.40. The first-order chi connectivity index (χ1) is 18.6. The number of pyridine rings is 2. The van der Waals surface area contributed by atoms with Gasteiger partial charge < -0.3 is 11.1 Å². The van der Waals surface area contributed by atoms with Gasteiger partial charge in [-0.15, -0.1) is 0 Å². The number of hydrogen-bond acceptors (Lipinski definition) is 6. The Hall–Kier alpha value is -3.81. The Bertz CT molecular complexity index is 1470. The molecule has 3 N–H and O–H groups in total. The number of nitrogens with one attached hydrogen (secondary N) is 1. The Morgan fingerprint density at radius 1 is 1.03 bits per heavy atom. The van der Waals surface area contributed by atoms with Gasteiger partial charge in [0.15, 0.2) is 11.5 Å². The molecule has 0 aliphatic carbocycles. The second kappa shape index (κ2) is 10.9. The standard InChI is InChI=1S/C29H31N7.C2H6/c1-3-6-21(4-2)24-12-13-25-28(33-24)36(27(34-25)23-7-5-14-32-26(23)30)22-10-8-20(9-11-22)15-35-18-29(19-35)16-31-17-29;1-2/h3-14,31H,15-19H2,1-2H3,(H2,30,32);1-2H3/b6-3-,21-4+;. The maximum absolute atomic E-state index is 6.29. The van der Waals surface area contributed by atoms with Gasteiger partial charge >= 0.3 is 0 Å². The molecule has 5 heterocycles. The summed E-state index contributed by atoms with van der Waals surface area (Å²) in [5, 5.41) is 3.41. The monoisotopic (exact) mass is 507 g/mol. The number of likely N-dealkylation sites (tertiary alicyclic amines) is 1. The van der Waals surface area contributed by atoms with Crippen molar-refractivity contribution in [2.24, 2.45) is 5.41 Å². The highest BCUT2D eigenvalue weighted by atomic mass is 15.3. The van der Waals surface area contributed by atoms with E-state index in [9.17, 15) is 0 Å². The third-order valence-corrected chi connectivity index (χ3v) is 7.26. The highest BCUT2D eigenvalue weighted by molar-refractivity contribution is 5.85. The lowest BCUT2D eigenvalue weighted by molar-refractivity contribution is -0.0444. The maximum Gasteiger partial charge on any atom is 0.165 e. The van der Waals surface area contributed by atoms with Crippen LogP contribution in [0.15, 0.2) is 73.0 Å². The van der Waals surface area contributed by atoms with Crippen LogP contribution in [0.3, 0.4) is 0 Å². The summed E-state index contributed by atoms with van der Waals surface area (Å²) in [5.74, 6) is 1.19. The van der Waals surface area contributed by atoms with E-state index in [1.165, 1.54) is 18.7 Å². The van der Waals surface area contributed by atoms with E-state index in [0.717, 1.165) is 59.1 Å². The Balaban J connectivity index is 0.00000144. The van der Waals surface area contributed by atoms with Gasteiger partial charge in [0.2, 0.25) is 0 Å². The highest BCUT2D eigenvalue weighted by Crippen LogP contribution is 2.35. The minimum absolute atomic E-state index is 0.450. The molecule has 7 nitrogen and oxygen atoms in total. The SMILES string of the molecule is C/C=C\C(=C/C)c1ccc2nc(-c3cccnc3N)n(-c3ccc(CN4CC5(CNC5)C4)cc3)c2n1.CC. The van der Waals surface area contributed by atoms with Crippen molar-refractivity contribution in [2.75, 3.05) is 31.9 Å². The summed E-state index contributed by atoms with van der Waals surface area (Å²) < 4.78 is 2.09. The van der Waals surface area contributed by atoms with E-state index in [4.69, 9.17) is 15.7 Å². The van der Waals surface area contributed by atoms with Crippen LogP contribution in [0.4, 0.5) is 5.82 Å². The van der Waals surface area contributed by atoms with Gasteiger partial charge in [-0.2, -0.15) is 0 Å². The predicted octanol–water partition coefficient (Wildman–Crippen LogP) is 5.48. The predicted molar refractivity (Wildman–Crippen MR) is 157 cm³/mol. The maximum atomic E-state index is 6.29. The summed E-state index contributed by atoms with van der Waals surface area (Å²) in [7, 11) is 0. The molecule has 6 rings (SSSR count). The molecule has 0 bridgehead atoms. The number of allylic oxidation sites excluding steroid dienone is 4. The number of hydrogen-bond donors (Lipinski definition) is 2. The summed E-state index contributed by atoms with van der Waals surface area (Å²) in [6.45, 7) is 13.7. The van der Waals surface area contributed by atoms with Crippen LogP contribution in [-0.2, 0) is 6.54 Å². The van der Waals surface area contributed by atoms with Gasteiger partial charge in [-0.3, -0.25) is 9.47 Å². The van der Waals surface area contributed by atoms with Crippen LogP contribution in [0.1, 0.15) is 39.0 Å². The van der Waals surface area contributed by atoms with E-state index < -0.39 is 0 Å². The van der Waals surface area contributed by atoms with Gasteiger partial charge in [0.25, 0.3) is 0 Å². The molecule has 4 aromatic rings. The highest BCUT2D eigenvalue weighted by Gasteiger charge is 2.47. The molecule has 0 saturated carbocycles. The third-order valence-electron chi connectivity index (χ3n) is 7.26. The molecule has 196 valence electrons. The number of benzene rings is 1. The van der Waals surface area contributed by atoms with Gasteiger partial charge in [-0.1, -0.05) is 44.2 Å². The number of nitrogens with two attached hydrogens (primary N) is 1. The van der Waals surface area contributed by atoms with Crippen LogP contribution >= 0.6 is 0 Å². The molecule has 0 radical (unpaired) electrons. The van der Waals surface area contributed by atoms with Crippen molar-refractivity contribution in [1.29, 1.82) is 0 Å². The first-order valence-corrected chi connectivity index (χ1v) is 13.5. The summed E-state index contributed by atoms with van der Waals surface area (Å²) >= 11 is 0. The first kappa shape index (κ1) is 25.8. The van der Waals surface area contributed by atoms with Crippen LogP contribution < -0.4 is 11.1 Å². The fourth-order valence-electron chi connectivity index (χ4n) is 5.38. The summed E-state index contributed by atoms with van der Waals surface area (Å²) in [4.78, 5) is 16.8. The average molecular weight is 508 g/mol. The first-order valence-electron chi connectivity index (χ1n) is 13.5. The van der Waals surface area contributed by atoms with E-state index in [-0.39, 0.29) is 0 Å². The average Bonchev–Trinajstić information content (AvgIpc) is 3.28. The number of anilines is 1. The van der Waals surface area contributed by atoms with E-state index in [0.29, 0.717) is 11.2 Å². The van der Waals surface area contributed by atoms with Crippen LogP contribution in [-0.4, -0.2) is 50.6 Å². The summed E-state index contributed by atoms with van der Waals surface area (Å²) in [6.07, 6.45) is 7.87. The van der Waals surface area contributed by atoms with E-state index in [1.54, 1.807) is 6.20 Å². The van der Waals surface area contributed by atoms with Crippen LogP contribution in [0, 0.1) is 5.41 Å². The molecule has 38 heavy (non-hydrogen) atoms. The minimum atomic E-state index is 0.450. The smallest absolute Gasteiger partial charge is 0.165 e. The van der Waals surface area contributed by atoms with E-state index in [1.807, 2.05) is 58.0 Å². The van der Waals surface area contributed by atoms with Crippen molar-refractivity contribution >= 4 is 22.6 Å². The van der Waals surface area contributed by atoms with Crippen molar-refractivity contribution in [1.82, 2.24) is 29.7 Å². The number of nitrogen functional groups attached to an aromatic ring is 1. The molecule has 2 aliphatic rings. The Morgan fingerprint density at radius 3 is 2.42 bits per heavy atom. The second-order valence-electron chi connectivity index (χ2n) is 9.91. The number of rotatable bonds is 6. The number of aromatic nitrogens is 4. The fraction of sp³-hybridized carbons (Fsp3) is 0.323. The molecule has 1 aromatic carbocycles. The Labute approximate surface area is 225 Å². The normalized spacial score (nSPS) is 16.8. The molecule has 0 atom stereocenters. The van der Waals surface area contributed by atoms with Crippen LogP contribution in [0.2, 0.25) is 0 Å². The fourth-order valence-corrected chi connectivity index (χ4v) is 5.38. The second-order valence-corrected chi connectivity index (χ2v) is 9.91. The zero-order chi connectivity index (χ0) is 26.7. The van der Waals surface area contributed by atoms with Crippen LogP contribution in [0.5, 0.6) is 0 Å². The lowest BCUT2D eigenvalue weighted by Crippen LogP contribution is -2.70. The molecule has 2 aliphatic heterocycles. The number of imidazole rings is 1. The quantitative estimate of drug-likeness (QED) is 0.337. The molecule has 7 heteroatoms. The van der Waals surface area contributed by atoms with Crippen LogP contribution in [0.25, 0.3) is 33.8 Å². The van der Waals surface area contributed by atoms with Crippen molar-refractivity contribution in [2.45, 2.75) is 34.2 Å². The summed E-state index contributed by atoms with van der Waals surface area (Å²) in [6, 6.07) is 16.6. The topological polar surface area (TPSA) is 84.9 Å². The summed E-state index contributed by atoms with van der Waals surface area (Å²) in [5.41, 5.74) is 13.5. The van der Waals surface area contributed by atoms with Gasteiger partial charge in [-0.25, -0.2) is 15.0 Å². The minimum Gasteiger partial charge on any atom is -0.383 e. The largest absolute Gasteiger partial charge is 0.383 e. The molecular formula is C31H37N7. The van der Waals surface area contributed by atoms with Crippen molar-refractivity contribution < 1.29 is 0 Å². The molecule has 3 aromatic heterocycles. The van der Waals surface area contributed by atoms with Gasteiger partial charge in [0.05, 0.1) is 11.3 Å². The molecule has 2 fully saturated rings. The van der Waals surface area contributed by atoms with Gasteiger partial charge in [0.1, 0.15) is 11.3 Å². The lowest BCUT2D eigenvalue weighted by atomic mass is 9.74.